The second-order valence-corrected chi connectivity index (χ2v) is 4.43. The first kappa shape index (κ1) is 14.9. The number of carbonyl (C=O) groups is 1. The van der Waals surface area contributed by atoms with Crippen LogP contribution in [-0.2, 0) is 4.79 Å². The topological polar surface area (TPSA) is 73.1 Å². The summed E-state index contributed by atoms with van der Waals surface area (Å²) in [6, 6.07) is 9.10. The molecule has 0 aliphatic heterocycles. The molecule has 0 heterocycles. The summed E-state index contributed by atoms with van der Waals surface area (Å²) >= 11 is 0. The van der Waals surface area contributed by atoms with Crippen LogP contribution in [-0.4, -0.2) is 24.2 Å². The van der Waals surface area contributed by atoms with E-state index in [0.717, 1.165) is 5.56 Å². The number of amides is 1. The normalized spacial score (nSPS) is 12.1. The van der Waals surface area contributed by atoms with E-state index in [4.69, 9.17) is 10.4 Å². The number of hydrogen-bond acceptors (Lipinski definition) is 3. The first-order valence-electron chi connectivity index (χ1n) is 6.22. The van der Waals surface area contributed by atoms with Gasteiger partial charge < -0.3 is 10.4 Å². The molecule has 4 heteroatoms. The molecule has 4 nitrogen and oxygen atoms in total. The molecular formula is C15H18N2O2. The number of aliphatic hydroxyl groups is 1. The Kier molecular flexibility index (Phi) is 6.34. The van der Waals surface area contributed by atoms with Gasteiger partial charge in [0.2, 0.25) is 5.91 Å². The molecule has 2 N–H and O–H groups in total. The second-order valence-electron chi connectivity index (χ2n) is 4.43. The van der Waals surface area contributed by atoms with Crippen molar-refractivity contribution in [3.05, 3.63) is 41.5 Å². The Balaban J connectivity index is 2.47. The molecule has 1 aromatic carbocycles. The molecule has 1 atom stereocenters. The molecular weight excluding hydrogens is 240 g/mol. The van der Waals surface area contributed by atoms with E-state index in [1.165, 1.54) is 6.08 Å². The van der Waals surface area contributed by atoms with Gasteiger partial charge >= 0.3 is 0 Å². The predicted octanol–water partition coefficient (Wildman–Crippen LogP) is 1.71. The molecule has 1 aromatic rings. The summed E-state index contributed by atoms with van der Waals surface area (Å²) in [6.45, 7) is 2.65. The van der Waals surface area contributed by atoms with Crippen LogP contribution < -0.4 is 5.32 Å². The maximum atomic E-state index is 11.6. The fourth-order valence-corrected chi connectivity index (χ4v) is 1.54. The Morgan fingerprint density at radius 3 is 3.05 bits per heavy atom. The molecule has 1 unspecified atom stereocenters. The van der Waals surface area contributed by atoms with Crippen molar-refractivity contribution >= 4 is 12.0 Å². The van der Waals surface area contributed by atoms with Crippen molar-refractivity contribution in [2.75, 3.05) is 13.2 Å². The molecule has 100 valence electrons. The Bertz CT molecular complexity index is 489. The summed E-state index contributed by atoms with van der Waals surface area (Å²) in [7, 11) is 0. The SMILES string of the molecule is CC(CCO)CNC(=O)/C=C/c1cccc(C#N)c1. The minimum Gasteiger partial charge on any atom is -0.396 e. The minimum atomic E-state index is -0.174. The van der Waals surface area contributed by atoms with Crippen LogP contribution in [0.2, 0.25) is 0 Å². The van der Waals surface area contributed by atoms with Gasteiger partial charge in [-0.25, -0.2) is 0 Å². The number of aliphatic hydroxyl groups excluding tert-OH is 1. The van der Waals surface area contributed by atoms with Crippen molar-refractivity contribution in [2.45, 2.75) is 13.3 Å². The van der Waals surface area contributed by atoms with Crippen LogP contribution >= 0.6 is 0 Å². The van der Waals surface area contributed by atoms with E-state index in [1.807, 2.05) is 13.0 Å². The number of nitrogens with zero attached hydrogens (tertiary/aromatic N) is 1. The highest BCUT2D eigenvalue weighted by Crippen LogP contribution is 2.06. The number of rotatable bonds is 6. The second kappa shape index (κ2) is 8.06. The Morgan fingerprint density at radius 1 is 1.58 bits per heavy atom. The van der Waals surface area contributed by atoms with E-state index in [-0.39, 0.29) is 18.4 Å². The molecule has 1 rings (SSSR count). The van der Waals surface area contributed by atoms with E-state index in [1.54, 1.807) is 24.3 Å². The van der Waals surface area contributed by atoms with Crippen LogP contribution in [0.15, 0.2) is 30.3 Å². The van der Waals surface area contributed by atoms with Gasteiger partial charge in [-0.15, -0.1) is 0 Å². The number of hydrogen-bond donors (Lipinski definition) is 2. The quantitative estimate of drug-likeness (QED) is 0.763. The molecule has 19 heavy (non-hydrogen) atoms. The lowest BCUT2D eigenvalue weighted by Gasteiger charge is -2.09. The first-order chi connectivity index (χ1) is 9.15. The predicted molar refractivity (Wildman–Crippen MR) is 74.1 cm³/mol. The molecule has 0 aliphatic carbocycles. The largest absolute Gasteiger partial charge is 0.396 e. The third-order valence-corrected chi connectivity index (χ3v) is 2.69. The fourth-order valence-electron chi connectivity index (χ4n) is 1.54. The zero-order chi connectivity index (χ0) is 14.1. The van der Waals surface area contributed by atoms with E-state index in [9.17, 15) is 4.79 Å². The molecule has 0 saturated heterocycles. The Morgan fingerprint density at radius 2 is 2.37 bits per heavy atom. The molecule has 0 saturated carbocycles. The van der Waals surface area contributed by atoms with Crippen molar-refractivity contribution in [1.82, 2.24) is 5.32 Å². The molecule has 1 amide bonds. The van der Waals surface area contributed by atoms with Crippen molar-refractivity contribution in [1.29, 1.82) is 5.26 Å². The lowest BCUT2D eigenvalue weighted by molar-refractivity contribution is -0.116. The zero-order valence-electron chi connectivity index (χ0n) is 11.0. The molecule has 0 aliphatic rings. The van der Waals surface area contributed by atoms with Gasteiger partial charge in [-0.1, -0.05) is 19.1 Å². The summed E-state index contributed by atoms with van der Waals surface area (Å²) in [5.74, 6) is 0.0800. The average molecular weight is 258 g/mol. The van der Waals surface area contributed by atoms with Gasteiger partial charge in [-0.2, -0.15) is 5.26 Å². The van der Waals surface area contributed by atoms with E-state index < -0.39 is 0 Å². The fraction of sp³-hybridized carbons (Fsp3) is 0.333. The van der Waals surface area contributed by atoms with Crippen molar-refractivity contribution in [2.24, 2.45) is 5.92 Å². The summed E-state index contributed by atoms with van der Waals surface area (Å²) in [6.07, 6.45) is 3.79. The standard InChI is InChI=1S/C15H18N2O2/c1-12(7-8-18)11-17-15(19)6-5-13-3-2-4-14(9-13)10-16/h2-6,9,12,18H,7-8,11H2,1H3,(H,17,19)/b6-5+. The van der Waals surface area contributed by atoms with Gasteiger partial charge in [-0.05, 0) is 36.1 Å². The number of carbonyl (C=O) groups excluding carboxylic acids is 1. The molecule has 0 bridgehead atoms. The van der Waals surface area contributed by atoms with E-state index in [2.05, 4.69) is 11.4 Å². The van der Waals surface area contributed by atoms with Crippen molar-refractivity contribution in [3.63, 3.8) is 0 Å². The van der Waals surface area contributed by atoms with Gasteiger partial charge in [-0.3, -0.25) is 4.79 Å². The monoisotopic (exact) mass is 258 g/mol. The van der Waals surface area contributed by atoms with Gasteiger partial charge in [0.25, 0.3) is 0 Å². The lowest BCUT2D eigenvalue weighted by atomic mass is 10.1. The van der Waals surface area contributed by atoms with Gasteiger partial charge in [0.1, 0.15) is 0 Å². The smallest absolute Gasteiger partial charge is 0.244 e. The van der Waals surface area contributed by atoms with Crippen molar-refractivity contribution in [3.8, 4) is 6.07 Å². The third kappa shape index (κ3) is 5.84. The maximum Gasteiger partial charge on any atom is 0.244 e. The van der Waals surface area contributed by atoms with Crippen LogP contribution in [0.4, 0.5) is 0 Å². The number of nitriles is 1. The highest BCUT2D eigenvalue weighted by Gasteiger charge is 2.02. The van der Waals surface area contributed by atoms with E-state index in [0.29, 0.717) is 18.5 Å². The highest BCUT2D eigenvalue weighted by atomic mass is 16.3. The molecule has 0 fully saturated rings. The Hall–Kier alpha value is -2.12. The molecule has 0 aromatic heterocycles. The minimum absolute atomic E-state index is 0.133. The summed E-state index contributed by atoms with van der Waals surface area (Å²) < 4.78 is 0. The third-order valence-electron chi connectivity index (χ3n) is 2.69. The van der Waals surface area contributed by atoms with Crippen LogP contribution in [0.25, 0.3) is 6.08 Å². The van der Waals surface area contributed by atoms with Gasteiger partial charge in [0.05, 0.1) is 11.6 Å². The summed E-state index contributed by atoms with van der Waals surface area (Å²) in [5, 5.41) is 20.3. The molecule has 0 spiro atoms. The average Bonchev–Trinajstić information content (AvgIpc) is 2.43. The first-order valence-corrected chi connectivity index (χ1v) is 6.22. The van der Waals surface area contributed by atoms with Crippen LogP contribution in [0.1, 0.15) is 24.5 Å². The zero-order valence-corrected chi connectivity index (χ0v) is 11.0. The van der Waals surface area contributed by atoms with Gasteiger partial charge in [0, 0.05) is 19.2 Å². The lowest BCUT2D eigenvalue weighted by Crippen LogP contribution is -2.26. The molecule has 0 radical (unpaired) electrons. The number of nitrogens with one attached hydrogen (secondary N) is 1. The maximum absolute atomic E-state index is 11.6. The summed E-state index contributed by atoms with van der Waals surface area (Å²) in [4.78, 5) is 11.6. The van der Waals surface area contributed by atoms with Crippen molar-refractivity contribution < 1.29 is 9.90 Å². The Labute approximate surface area is 113 Å². The number of benzene rings is 1. The van der Waals surface area contributed by atoms with Crippen LogP contribution in [0.3, 0.4) is 0 Å². The van der Waals surface area contributed by atoms with Crippen LogP contribution in [0, 0.1) is 17.2 Å². The van der Waals surface area contributed by atoms with Gasteiger partial charge in [0.15, 0.2) is 0 Å². The summed E-state index contributed by atoms with van der Waals surface area (Å²) in [5.41, 5.74) is 1.39. The van der Waals surface area contributed by atoms with E-state index >= 15 is 0 Å². The van der Waals surface area contributed by atoms with Crippen LogP contribution in [0.5, 0.6) is 0 Å². The highest BCUT2D eigenvalue weighted by molar-refractivity contribution is 5.91.